The zero-order chi connectivity index (χ0) is 16.9. The van der Waals surface area contributed by atoms with Gasteiger partial charge in [0.15, 0.2) is 6.61 Å². The summed E-state index contributed by atoms with van der Waals surface area (Å²) in [7, 11) is 0. The number of carbonyl (C=O) groups is 2. The Kier molecular flexibility index (Phi) is 4.79. The van der Waals surface area contributed by atoms with Crippen LogP contribution in [0.4, 0.5) is 0 Å². The summed E-state index contributed by atoms with van der Waals surface area (Å²) >= 11 is 0. The molecule has 0 saturated carbocycles. The number of aliphatic carboxylic acids is 1. The standard InChI is InChI=1S/C19H19NO4/c21-18(20-11-10-15(12-20)19(22)23)13-24-17-9-5-4-8-16(17)14-6-2-1-3-7-14/h1-9,15H,10-13H2,(H,22,23). The van der Waals surface area contributed by atoms with Gasteiger partial charge in [0, 0.05) is 18.7 Å². The van der Waals surface area contributed by atoms with Crippen LogP contribution in [0.3, 0.4) is 0 Å². The molecule has 0 radical (unpaired) electrons. The van der Waals surface area contributed by atoms with Crippen molar-refractivity contribution >= 4 is 11.9 Å². The van der Waals surface area contributed by atoms with E-state index in [0.717, 1.165) is 11.1 Å². The third-order valence-corrected chi connectivity index (χ3v) is 4.21. The molecule has 1 amide bonds. The van der Waals surface area contributed by atoms with E-state index in [1.165, 1.54) is 0 Å². The van der Waals surface area contributed by atoms with Crippen LogP contribution in [0, 0.1) is 5.92 Å². The summed E-state index contributed by atoms with van der Waals surface area (Å²) in [5, 5.41) is 9.01. The molecule has 1 aliphatic heterocycles. The predicted molar refractivity (Wildman–Crippen MR) is 89.7 cm³/mol. The van der Waals surface area contributed by atoms with Crippen molar-refractivity contribution in [1.82, 2.24) is 4.90 Å². The molecule has 2 aromatic carbocycles. The number of hydrogen-bond donors (Lipinski definition) is 1. The van der Waals surface area contributed by atoms with Crippen molar-refractivity contribution in [2.45, 2.75) is 6.42 Å². The van der Waals surface area contributed by atoms with Crippen molar-refractivity contribution in [2.24, 2.45) is 5.92 Å². The molecule has 24 heavy (non-hydrogen) atoms. The maximum absolute atomic E-state index is 12.2. The summed E-state index contributed by atoms with van der Waals surface area (Å²) in [6.07, 6.45) is 0.502. The van der Waals surface area contributed by atoms with Gasteiger partial charge in [0.1, 0.15) is 5.75 Å². The van der Waals surface area contributed by atoms with Crippen molar-refractivity contribution in [2.75, 3.05) is 19.7 Å². The van der Waals surface area contributed by atoms with Gasteiger partial charge in [0.05, 0.1) is 5.92 Å². The molecule has 5 nitrogen and oxygen atoms in total. The SMILES string of the molecule is O=C(O)C1CCN(C(=O)COc2ccccc2-c2ccccc2)C1. The number of carboxylic acid groups (broad SMARTS) is 1. The predicted octanol–water partition coefficient (Wildman–Crippen LogP) is 2.67. The molecule has 1 aliphatic rings. The summed E-state index contributed by atoms with van der Waals surface area (Å²) in [5.74, 6) is -0.848. The maximum atomic E-state index is 12.2. The van der Waals surface area contributed by atoms with E-state index in [-0.39, 0.29) is 19.1 Å². The Hall–Kier alpha value is -2.82. The molecule has 2 aromatic rings. The Morgan fingerprint density at radius 1 is 1.08 bits per heavy atom. The quantitative estimate of drug-likeness (QED) is 0.918. The Morgan fingerprint density at radius 2 is 1.79 bits per heavy atom. The molecule has 1 unspecified atom stereocenters. The van der Waals surface area contributed by atoms with Crippen molar-refractivity contribution in [3.8, 4) is 16.9 Å². The fraction of sp³-hybridized carbons (Fsp3) is 0.263. The van der Waals surface area contributed by atoms with Gasteiger partial charge in [-0.2, -0.15) is 0 Å². The normalized spacial score (nSPS) is 16.8. The van der Waals surface area contributed by atoms with Crippen molar-refractivity contribution in [1.29, 1.82) is 0 Å². The number of nitrogens with zero attached hydrogens (tertiary/aromatic N) is 1. The molecule has 5 heteroatoms. The van der Waals surface area contributed by atoms with Crippen LogP contribution < -0.4 is 4.74 Å². The van der Waals surface area contributed by atoms with E-state index in [4.69, 9.17) is 9.84 Å². The minimum Gasteiger partial charge on any atom is -0.483 e. The summed E-state index contributed by atoms with van der Waals surface area (Å²) in [6.45, 7) is 0.646. The lowest BCUT2D eigenvalue weighted by molar-refractivity contribution is -0.141. The van der Waals surface area contributed by atoms with Gasteiger partial charge in [-0.1, -0.05) is 48.5 Å². The number of hydrogen-bond acceptors (Lipinski definition) is 3. The van der Waals surface area contributed by atoms with E-state index in [1.807, 2.05) is 54.6 Å². The molecule has 0 aromatic heterocycles. The van der Waals surface area contributed by atoms with Crippen LogP contribution in [0.5, 0.6) is 5.75 Å². The highest BCUT2D eigenvalue weighted by Crippen LogP contribution is 2.29. The number of amides is 1. The zero-order valence-corrected chi connectivity index (χ0v) is 13.2. The summed E-state index contributed by atoms with van der Waals surface area (Å²) in [4.78, 5) is 24.8. The molecule has 1 N–H and O–H groups in total. The number of benzene rings is 2. The molecular formula is C19H19NO4. The highest BCUT2D eigenvalue weighted by Gasteiger charge is 2.30. The van der Waals surface area contributed by atoms with E-state index >= 15 is 0 Å². The summed E-state index contributed by atoms with van der Waals surface area (Å²) < 4.78 is 5.72. The largest absolute Gasteiger partial charge is 0.483 e. The smallest absolute Gasteiger partial charge is 0.308 e. The average molecular weight is 325 g/mol. The van der Waals surface area contributed by atoms with Gasteiger partial charge in [-0.3, -0.25) is 9.59 Å². The first kappa shape index (κ1) is 16.1. The maximum Gasteiger partial charge on any atom is 0.308 e. The number of ether oxygens (including phenoxy) is 1. The van der Waals surface area contributed by atoms with Gasteiger partial charge in [-0.15, -0.1) is 0 Å². The van der Waals surface area contributed by atoms with Crippen LogP contribution in [0.1, 0.15) is 6.42 Å². The first-order valence-corrected chi connectivity index (χ1v) is 7.93. The van der Waals surface area contributed by atoms with Gasteiger partial charge < -0.3 is 14.7 Å². The number of rotatable bonds is 5. The van der Waals surface area contributed by atoms with Crippen LogP contribution in [0.15, 0.2) is 54.6 Å². The van der Waals surface area contributed by atoms with Crippen molar-refractivity contribution in [3.05, 3.63) is 54.6 Å². The monoisotopic (exact) mass is 325 g/mol. The van der Waals surface area contributed by atoms with Crippen LogP contribution in [0.2, 0.25) is 0 Å². The number of para-hydroxylation sites is 1. The van der Waals surface area contributed by atoms with E-state index in [2.05, 4.69) is 0 Å². The molecule has 1 saturated heterocycles. The fourth-order valence-electron chi connectivity index (χ4n) is 2.87. The van der Waals surface area contributed by atoms with Gasteiger partial charge in [0.2, 0.25) is 0 Å². The Bertz CT molecular complexity index is 729. The molecule has 1 heterocycles. The second-order valence-corrected chi connectivity index (χ2v) is 5.81. The number of carboxylic acids is 1. The lowest BCUT2D eigenvalue weighted by Crippen LogP contribution is -2.33. The molecule has 124 valence electrons. The van der Waals surface area contributed by atoms with Crippen LogP contribution in [0.25, 0.3) is 11.1 Å². The Labute approximate surface area is 140 Å². The van der Waals surface area contributed by atoms with Crippen LogP contribution in [-0.2, 0) is 9.59 Å². The second-order valence-electron chi connectivity index (χ2n) is 5.81. The average Bonchev–Trinajstić information content (AvgIpc) is 3.11. The first-order valence-electron chi connectivity index (χ1n) is 7.93. The molecule has 1 fully saturated rings. The second kappa shape index (κ2) is 7.17. The van der Waals surface area contributed by atoms with Crippen molar-refractivity contribution < 1.29 is 19.4 Å². The van der Waals surface area contributed by atoms with Crippen LogP contribution in [-0.4, -0.2) is 41.6 Å². The summed E-state index contributed by atoms with van der Waals surface area (Å²) in [5.41, 5.74) is 1.95. The molecule has 3 rings (SSSR count). The van der Waals surface area contributed by atoms with Crippen molar-refractivity contribution in [3.63, 3.8) is 0 Å². The summed E-state index contributed by atoms with van der Waals surface area (Å²) in [6, 6.07) is 17.4. The van der Waals surface area contributed by atoms with Gasteiger partial charge in [0.25, 0.3) is 5.91 Å². The van der Waals surface area contributed by atoms with E-state index in [1.54, 1.807) is 4.90 Å². The fourth-order valence-corrected chi connectivity index (χ4v) is 2.87. The lowest BCUT2D eigenvalue weighted by atomic mass is 10.1. The molecule has 0 spiro atoms. The third kappa shape index (κ3) is 3.56. The highest BCUT2D eigenvalue weighted by atomic mass is 16.5. The molecular weight excluding hydrogens is 306 g/mol. The highest BCUT2D eigenvalue weighted by molar-refractivity contribution is 5.80. The first-order chi connectivity index (χ1) is 11.6. The Morgan fingerprint density at radius 3 is 2.50 bits per heavy atom. The van der Waals surface area contributed by atoms with E-state index in [0.29, 0.717) is 18.7 Å². The lowest BCUT2D eigenvalue weighted by Gasteiger charge is -2.17. The number of carbonyl (C=O) groups excluding carboxylic acids is 1. The van der Waals surface area contributed by atoms with Crippen LogP contribution >= 0.6 is 0 Å². The van der Waals surface area contributed by atoms with E-state index in [9.17, 15) is 9.59 Å². The minimum atomic E-state index is -0.847. The van der Waals surface area contributed by atoms with Gasteiger partial charge >= 0.3 is 5.97 Å². The number of likely N-dealkylation sites (tertiary alicyclic amines) is 1. The van der Waals surface area contributed by atoms with E-state index < -0.39 is 11.9 Å². The topological polar surface area (TPSA) is 66.8 Å². The minimum absolute atomic E-state index is 0.0871. The van der Waals surface area contributed by atoms with Gasteiger partial charge in [-0.25, -0.2) is 0 Å². The van der Waals surface area contributed by atoms with Gasteiger partial charge in [-0.05, 0) is 18.1 Å². The molecule has 0 bridgehead atoms. The molecule has 1 atom stereocenters. The third-order valence-electron chi connectivity index (χ3n) is 4.21. The Balaban J connectivity index is 1.65. The molecule has 0 aliphatic carbocycles. The zero-order valence-electron chi connectivity index (χ0n) is 13.2.